The molecule has 2 rings (SSSR count). The maximum atomic E-state index is 10.8. The molecule has 1 unspecified atom stereocenters. The first-order valence-corrected chi connectivity index (χ1v) is 4.35. The number of carboxylic acids is 1. The average Bonchev–Trinajstić information content (AvgIpc) is 2.60. The highest BCUT2D eigenvalue weighted by molar-refractivity contribution is 5.79. The van der Waals surface area contributed by atoms with Gasteiger partial charge in [0.15, 0.2) is 0 Å². The molecule has 0 fully saturated rings. The lowest BCUT2D eigenvalue weighted by molar-refractivity contribution is -0.138. The fourth-order valence-corrected chi connectivity index (χ4v) is 1.42. The molecule has 2 aromatic heterocycles. The molecule has 0 aromatic carbocycles. The summed E-state index contributed by atoms with van der Waals surface area (Å²) in [7, 11) is 0. The number of fused-ring (bicyclic) bond motifs is 1. The number of carbonyl (C=O) groups is 1. The van der Waals surface area contributed by atoms with Crippen LogP contribution in [0.3, 0.4) is 0 Å². The number of aliphatic carboxylic acids is 1. The number of carboxylic acid groups (broad SMARTS) is 1. The van der Waals surface area contributed by atoms with Crippen molar-refractivity contribution in [1.29, 1.82) is 0 Å². The lowest BCUT2D eigenvalue weighted by atomic mass is 10.0. The second-order valence-electron chi connectivity index (χ2n) is 3.19. The summed E-state index contributed by atoms with van der Waals surface area (Å²) in [6.45, 7) is 1.66. The second-order valence-corrected chi connectivity index (χ2v) is 3.19. The molecule has 0 saturated carbocycles. The minimum absolute atomic E-state index is 0.519. The van der Waals surface area contributed by atoms with Gasteiger partial charge in [0, 0.05) is 11.8 Å². The van der Waals surface area contributed by atoms with E-state index in [0.29, 0.717) is 0 Å². The Bertz CT molecular complexity index is 476. The smallest absolute Gasteiger partial charge is 0.310 e. The Morgan fingerprint density at radius 2 is 2.36 bits per heavy atom. The molecule has 1 atom stereocenters. The quantitative estimate of drug-likeness (QED) is 0.781. The van der Waals surface area contributed by atoms with Crippen LogP contribution in [0.4, 0.5) is 0 Å². The third kappa shape index (κ3) is 1.25. The molecule has 0 aliphatic carbocycles. The standard InChI is InChI=1S/C10H10N2O2/c1-7(10(13)14)8-6-11-12-5-3-2-4-9(8)12/h2-7H,1H3,(H,13,14). The highest BCUT2D eigenvalue weighted by Crippen LogP contribution is 2.20. The summed E-state index contributed by atoms with van der Waals surface area (Å²) in [6.07, 6.45) is 3.40. The van der Waals surface area contributed by atoms with E-state index in [2.05, 4.69) is 5.10 Å². The van der Waals surface area contributed by atoms with E-state index in [0.717, 1.165) is 11.1 Å². The zero-order valence-corrected chi connectivity index (χ0v) is 7.71. The van der Waals surface area contributed by atoms with Crippen molar-refractivity contribution in [3.8, 4) is 0 Å². The first kappa shape index (κ1) is 8.74. The Morgan fingerprint density at radius 1 is 1.57 bits per heavy atom. The molecule has 72 valence electrons. The lowest BCUT2D eigenvalue weighted by Crippen LogP contribution is -2.06. The average molecular weight is 190 g/mol. The van der Waals surface area contributed by atoms with Crippen molar-refractivity contribution in [1.82, 2.24) is 9.61 Å². The highest BCUT2D eigenvalue weighted by Gasteiger charge is 2.17. The number of aromatic nitrogens is 2. The van der Waals surface area contributed by atoms with Crippen LogP contribution in [-0.4, -0.2) is 20.7 Å². The van der Waals surface area contributed by atoms with E-state index in [4.69, 9.17) is 5.11 Å². The summed E-state index contributed by atoms with van der Waals surface area (Å²) >= 11 is 0. The van der Waals surface area contributed by atoms with Crippen LogP contribution in [0.15, 0.2) is 30.6 Å². The van der Waals surface area contributed by atoms with E-state index >= 15 is 0 Å². The number of hydrogen-bond donors (Lipinski definition) is 1. The monoisotopic (exact) mass is 190 g/mol. The largest absolute Gasteiger partial charge is 0.481 e. The summed E-state index contributed by atoms with van der Waals surface area (Å²) in [5.41, 5.74) is 1.60. The molecule has 0 amide bonds. The minimum atomic E-state index is -0.830. The molecule has 4 nitrogen and oxygen atoms in total. The van der Waals surface area contributed by atoms with Crippen molar-refractivity contribution in [3.05, 3.63) is 36.2 Å². The summed E-state index contributed by atoms with van der Waals surface area (Å²) in [5.74, 6) is -1.35. The molecular weight excluding hydrogens is 180 g/mol. The van der Waals surface area contributed by atoms with Gasteiger partial charge in [-0.25, -0.2) is 4.52 Å². The van der Waals surface area contributed by atoms with Gasteiger partial charge < -0.3 is 5.11 Å². The van der Waals surface area contributed by atoms with Gasteiger partial charge in [0.2, 0.25) is 0 Å². The number of nitrogens with zero attached hydrogens (tertiary/aromatic N) is 2. The van der Waals surface area contributed by atoms with Crippen molar-refractivity contribution >= 4 is 11.5 Å². The Labute approximate surface area is 80.8 Å². The zero-order valence-electron chi connectivity index (χ0n) is 7.71. The van der Waals surface area contributed by atoms with Gasteiger partial charge in [-0.1, -0.05) is 6.07 Å². The van der Waals surface area contributed by atoms with Crippen LogP contribution < -0.4 is 0 Å². The molecule has 2 heterocycles. The van der Waals surface area contributed by atoms with Gasteiger partial charge in [-0.2, -0.15) is 5.10 Å². The zero-order chi connectivity index (χ0) is 10.1. The minimum Gasteiger partial charge on any atom is -0.481 e. The van der Waals surface area contributed by atoms with Gasteiger partial charge in [-0.15, -0.1) is 0 Å². The Hall–Kier alpha value is -1.84. The number of hydrogen-bond acceptors (Lipinski definition) is 2. The molecule has 0 aliphatic rings. The summed E-state index contributed by atoms with van der Waals surface area (Å²) < 4.78 is 1.68. The van der Waals surface area contributed by atoms with Crippen LogP contribution >= 0.6 is 0 Å². The highest BCUT2D eigenvalue weighted by atomic mass is 16.4. The maximum absolute atomic E-state index is 10.8. The Kier molecular flexibility index (Phi) is 1.96. The van der Waals surface area contributed by atoms with Gasteiger partial charge >= 0.3 is 5.97 Å². The first-order valence-electron chi connectivity index (χ1n) is 4.35. The van der Waals surface area contributed by atoms with Gasteiger partial charge in [-0.05, 0) is 19.1 Å². The van der Waals surface area contributed by atoms with Crippen molar-refractivity contribution < 1.29 is 9.90 Å². The molecule has 2 aromatic rings. The van der Waals surface area contributed by atoms with Crippen LogP contribution in [0.5, 0.6) is 0 Å². The topological polar surface area (TPSA) is 54.6 Å². The number of pyridine rings is 1. The molecule has 4 heteroatoms. The molecule has 0 radical (unpaired) electrons. The Balaban J connectivity index is 2.58. The molecule has 0 bridgehead atoms. The predicted octanol–water partition coefficient (Wildman–Crippen LogP) is 1.52. The molecule has 0 spiro atoms. The number of rotatable bonds is 2. The van der Waals surface area contributed by atoms with Gasteiger partial charge in [0.25, 0.3) is 0 Å². The SMILES string of the molecule is CC(C(=O)O)c1cnn2ccccc12. The normalized spacial score (nSPS) is 12.9. The van der Waals surface area contributed by atoms with Crippen LogP contribution in [0.2, 0.25) is 0 Å². The summed E-state index contributed by atoms with van der Waals surface area (Å²) in [5, 5.41) is 13.0. The third-order valence-corrected chi connectivity index (χ3v) is 2.29. The molecule has 14 heavy (non-hydrogen) atoms. The van der Waals surface area contributed by atoms with E-state index in [1.54, 1.807) is 23.8 Å². The Morgan fingerprint density at radius 3 is 3.07 bits per heavy atom. The van der Waals surface area contributed by atoms with Gasteiger partial charge in [0.05, 0.1) is 17.6 Å². The maximum Gasteiger partial charge on any atom is 0.310 e. The van der Waals surface area contributed by atoms with Gasteiger partial charge in [-0.3, -0.25) is 4.79 Å². The molecule has 1 N–H and O–H groups in total. The van der Waals surface area contributed by atoms with Gasteiger partial charge in [0.1, 0.15) is 0 Å². The predicted molar refractivity (Wildman–Crippen MR) is 51.2 cm³/mol. The second kappa shape index (κ2) is 3.14. The summed E-state index contributed by atoms with van der Waals surface area (Å²) in [6, 6.07) is 5.59. The molecule has 0 aliphatic heterocycles. The van der Waals surface area contributed by atoms with Crippen LogP contribution in [-0.2, 0) is 4.79 Å². The third-order valence-electron chi connectivity index (χ3n) is 2.29. The van der Waals surface area contributed by atoms with Crippen LogP contribution in [0, 0.1) is 0 Å². The lowest BCUT2D eigenvalue weighted by Gasteiger charge is -2.02. The van der Waals surface area contributed by atoms with Crippen molar-refractivity contribution in [2.45, 2.75) is 12.8 Å². The van der Waals surface area contributed by atoms with E-state index < -0.39 is 11.9 Å². The van der Waals surface area contributed by atoms with Crippen molar-refractivity contribution in [2.75, 3.05) is 0 Å². The van der Waals surface area contributed by atoms with Crippen molar-refractivity contribution in [2.24, 2.45) is 0 Å². The van der Waals surface area contributed by atoms with E-state index in [1.165, 1.54) is 0 Å². The van der Waals surface area contributed by atoms with Crippen molar-refractivity contribution in [3.63, 3.8) is 0 Å². The van der Waals surface area contributed by atoms with Crippen LogP contribution in [0.25, 0.3) is 5.52 Å². The fraction of sp³-hybridized carbons (Fsp3) is 0.200. The molecule has 0 saturated heterocycles. The van der Waals surface area contributed by atoms with E-state index in [-0.39, 0.29) is 0 Å². The van der Waals surface area contributed by atoms with Crippen LogP contribution in [0.1, 0.15) is 18.4 Å². The summed E-state index contributed by atoms with van der Waals surface area (Å²) in [4.78, 5) is 10.8. The fourth-order valence-electron chi connectivity index (χ4n) is 1.42. The van der Waals surface area contributed by atoms with E-state index in [1.807, 2.05) is 18.2 Å². The van der Waals surface area contributed by atoms with E-state index in [9.17, 15) is 4.79 Å². The molecular formula is C10H10N2O2. The first-order chi connectivity index (χ1) is 6.70.